The third kappa shape index (κ3) is 3.84. The number of anilines is 2. The second-order valence-electron chi connectivity index (χ2n) is 8.16. The smallest absolute Gasteiger partial charge is 0.355 e. The van der Waals surface area contributed by atoms with Gasteiger partial charge in [-0.3, -0.25) is 9.78 Å². The Morgan fingerprint density at radius 3 is 2.47 bits per heavy atom. The highest BCUT2D eigenvalue weighted by Gasteiger charge is 2.35. The summed E-state index contributed by atoms with van der Waals surface area (Å²) < 4.78 is 38.9. The fourth-order valence-corrected chi connectivity index (χ4v) is 3.92. The maximum Gasteiger partial charge on any atom is 0.416 e. The molecule has 0 unspecified atom stereocenters. The average molecular weight is 413 g/mol. The molecule has 4 rings (SSSR count). The fourth-order valence-electron chi connectivity index (χ4n) is 3.92. The number of likely N-dealkylation sites (tertiary alicyclic amines) is 1. The van der Waals surface area contributed by atoms with E-state index < -0.39 is 11.7 Å². The van der Waals surface area contributed by atoms with Crippen LogP contribution in [0.5, 0.6) is 0 Å². The Bertz CT molecular complexity index is 1090. The van der Waals surface area contributed by atoms with E-state index in [1.54, 1.807) is 30.3 Å². The third-order valence-corrected chi connectivity index (χ3v) is 5.63. The van der Waals surface area contributed by atoms with Gasteiger partial charge < -0.3 is 10.2 Å². The molecule has 0 spiro atoms. The number of pyridine rings is 1. The topological polar surface area (TPSA) is 45.2 Å². The number of aromatic nitrogens is 1. The van der Waals surface area contributed by atoms with Crippen LogP contribution < -0.4 is 5.32 Å². The van der Waals surface area contributed by atoms with Crippen LogP contribution in [0.3, 0.4) is 0 Å². The highest BCUT2D eigenvalue weighted by atomic mass is 19.4. The Balaban J connectivity index is 1.56. The quantitative estimate of drug-likeness (QED) is 0.572. The van der Waals surface area contributed by atoms with Crippen LogP contribution in [-0.2, 0) is 6.18 Å². The van der Waals surface area contributed by atoms with Crippen LogP contribution in [0.1, 0.15) is 42.6 Å². The molecule has 0 radical (unpaired) electrons. The molecular formula is C23H22F3N3O. The number of carbonyl (C=O) groups excluding carboxylic acids is 1. The summed E-state index contributed by atoms with van der Waals surface area (Å²) in [5, 5.41) is 3.80. The summed E-state index contributed by atoms with van der Waals surface area (Å²) in [4.78, 5) is 18.8. The first-order valence-corrected chi connectivity index (χ1v) is 9.80. The van der Waals surface area contributed by atoms with Gasteiger partial charge in [0.25, 0.3) is 5.91 Å². The number of fused-ring (bicyclic) bond motifs is 1. The first kappa shape index (κ1) is 20.2. The van der Waals surface area contributed by atoms with Crippen molar-refractivity contribution in [2.45, 2.75) is 38.4 Å². The first-order valence-electron chi connectivity index (χ1n) is 9.80. The van der Waals surface area contributed by atoms with Gasteiger partial charge in [-0.25, -0.2) is 0 Å². The second kappa shape index (κ2) is 7.31. The molecule has 2 heterocycles. The summed E-state index contributed by atoms with van der Waals surface area (Å²) in [6.45, 7) is 4.91. The molecule has 30 heavy (non-hydrogen) atoms. The number of hydrogen-bond acceptors (Lipinski definition) is 3. The normalized spacial score (nSPS) is 16.1. The zero-order valence-corrected chi connectivity index (χ0v) is 16.8. The second-order valence-corrected chi connectivity index (χ2v) is 8.16. The van der Waals surface area contributed by atoms with Crippen LogP contribution >= 0.6 is 0 Å². The predicted molar refractivity (Wildman–Crippen MR) is 111 cm³/mol. The van der Waals surface area contributed by atoms with Gasteiger partial charge in [-0.05, 0) is 69.2 Å². The summed E-state index contributed by atoms with van der Waals surface area (Å²) in [6.07, 6.45) is -0.948. The molecule has 3 aromatic rings. The van der Waals surface area contributed by atoms with E-state index >= 15 is 0 Å². The van der Waals surface area contributed by atoms with Gasteiger partial charge >= 0.3 is 6.18 Å². The SMILES string of the molecule is CC1(C)CCCN1C(=O)c1ccc(Nc2ccnc3cc(C(F)(F)F)ccc23)cc1. The Kier molecular flexibility index (Phi) is 4.92. The number of nitrogens with one attached hydrogen (secondary N) is 1. The van der Waals surface area contributed by atoms with Gasteiger partial charge in [0.05, 0.1) is 11.1 Å². The Morgan fingerprint density at radius 2 is 1.83 bits per heavy atom. The molecule has 156 valence electrons. The molecule has 1 saturated heterocycles. The van der Waals surface area contributed by atoms with E-state index in [2.05, 4.69) is 24.1 Å². The maximum atomic E-state index is 13.0. The summed E-state index contributed by atoms with van der Waals surface area (Å²) in [5.41, 5.74) is 1.39. The molecule has 0 saturated carbocycles. The van der Waals surface area contributed by atoms with Crippen molar-refractivity contribution in [1.29, 1.82) is 0 Å². The van der Waals surface area contributed by atoms with Gasteiger partial charge in [0.15, 0.2) is 0 Å². The van der Waals surface area contributed by atoms with Crippen LogP contribution in [0.15, 0.2) is 54.7 Å². The van der Waals surface area contributed by atoms with Crippen molar-refractivity contribution in [2.75, 3.05) is 11.9 Å². The highest BCUT2D eigenvalue weighted by molar-refractivity contribution is 5.96. The molecule has 0 atom stereocenters. The lowest BCUT2D eigenvalue weighted by Gasteiger charge is -2.31. The van der Waals surface area contributed by atoms with E-state index in [0.29, 0.717) is 16.6 Å². The lowest BCUT2D eigenvalue weighted by Crippen LogP contribution is -2.42. The van der Waals surface area contributed by atoms with Crippen LogP contribution in [-0.4, -0.2) is 27.9 Å². The van der Waals surface area contributed by atoms with Gasteiger partial charge in [-0.1, -0.05) is 6.07 Å². The Hall–Kier alpha value is -3.09. The molecule has 2 aromatic carbocycles. The molecular weight excluding hydrogens is 391 g/mol. The minimum Gasteiger partial charge on any atom is -0.355 e. The van der Waals surface area contributed by atoms with E-state index in [1.165, 1.54) is 12.3 Å². The van der Waals surface area contributed by atoms with Gasteiger partial charge in [0.2, 0.25) is 0 Å². The average Bonchev–Trinajstić information content (AvgIpc) is 3.06. The van der Waals surface area contributed by atoms with Crippen molar-refractivity contribution in [1.82, 2.24) is 9.88 Å². The van der Waals surface area contributed by atoms with E-state index in [9.17, 15) is 18.0 Å². The number of hydrogen-bond donors (Lipinski definition) is 1. The van der Waals surface area contributed by atoms with Gasteiger partial charge in [0.1, 0.15) is 0 Å². The molecule has 7 heteroatoms. The minimum atomic E-state index is -4.41. The molecule has 1 aliphatic heterocycles. The zero-order valence-electron chi connectivity index (χ0n) is 16.8. The van der Waals surface area contributed by atoms with Crippen molar-refractivity contribution in [3.8, 4) is 0 Å². The van der Waals surface area contributed by atoms with E-state index in [1.807, 2.05) is 4.90 Å². The summed E-state index contributed by atoms with van der Waals surface area (Å²) >= 11 is 0. The maximum absolute atomic E-state index is 13.0. The van der Waals surface area contributed by atoms with Crippen molar-refractivity contribution in [2.24, 2.45) is 0 Å². The van der Waals surface area contributed by atoms with E-state index in [-0.39, 0.29) is 17.0 Å². The lowest BCUT2D eigenvalue weighted by molar-refractivity contribution is -0.137. The minimum absolute atomic E-state index is 0.0121. The largest absolute Gasteiger partial charge is 0.416 e. The number of carbonyl (C=O) groups is 1. The molecule has 0 aliphatic carbocycles. The van der Waals surface area contributed by atoms with Crippen LogP contribution in [0.25, 0.3) is 10.9 Å². The van der Waals surface area contributed by atoms with Crippen LogP contribution in [0.4, 0.5) is 24.5 Å². The predicted octanol–water partition coefficient (Wildman–Crippen LogP) is 6.01. The summed E-state index contributed by atoms with van der Waals surface area (Å²) in [7, 11) is 0. The molecule has 4 nitrogen and oxygen atoms in total. The molecule has 1 N–H and O–H groups in total. The number of amides is 1. The van der Waals surface area contributed by atoms with Crippen molar-refractivity contribution in [3.05, 3.63) is 65.9 Å². The first-order chi connectivity index (χ1) is 14.1. The zero-order chi connectivity index (χ0) is 21.5. The Morgan fingerprint density at radius 1 is 1.10 bits per heavy atom. The van der Waals surface area contributed by atoms with Crippen LogP contribution in [0, 0.1) is 0 Å². The molecule has 1 aliphatic rings. The van der Waals surface area contributed by atoms with Gasteiger partial charge in [-0.2, -0.15) is 13.2 Å². The summed E-state index contributed by atoms with van der Waals surface area (Å²) in [6, 6.07) is 12.4. The number of rotatable bonds is 3. The lowest BCUT2D eigenvalue weighted by atomic mass is 10.0. The number of nitrogens with zero attached hydrogens (tertiary/aromatic N) is 2. The molecule has 1 amide bonds. The monoisotopic (exact) mass is 413 g/mol. The fraction of sp³-hybridized carbons (Fsp3) is 0.304. The highest BCUT2D eigenvalue weighted by Crippen LogP contribution is 2.34. The van der Waals surface area contributed by atoms with E-state index in [0.717, 1.165) is 37.2 Å². The third-order valence-electron chi connectivity index (χ3n) is 5.63. The summed E-state index contributed by atoms with van der Waals surface area (Å²) in [5.74, 6) is 0.0121. The number of halogens is 3. The molecule has 0 bridgehead atoms. The number of alkyl halides is 3. The van der Waals surface area contributed by atoms with Crippen molar-refractivity contribution >= 4 is 28.2 Å². The Labute approximate surface area is 172 Å². The molecule has 1 fully saturated rings. The number of benzene rings is 2. The van der Waals surface area contributed by atoms with E-state index in [4.69, 9.17) is 0 Å². The molecule has 1 aromatic heterocycles. The van der Waals surface area contributed by atoms with Crippen LogP contribution in [0.2, 0.25) is 0 Å². The van der Waals surface area contributed by atoms with Crippen molar-refractivity contribution in [3.63, 3.8) is 0 Å². The van der Waals surface area contributed by atoms with Gasteiger partial charge in [0, 0.05) is 40.6 Å². The van der Waals surface area contributed by atoms with Crippen molar-refractivity contribution < 1.29 is 18.0 Å². The standard InChI is InChI=1S/C23H22F3N3O/c1-22(2)11-3-13-29(22)21(30)15-4-7-17(8-5-15)28-19-10-12-27-20-14-16(23(24,25)26)6-9-18(19)20/h4-10,12,14H,3,11,13H2,1-2H3,(H,27,28). The van der Waals surface area contributed by atoms with Gasteiger partial charge in [-0.15, -0.1) is 0 Å².